The zero-order valence-electron chi connectivity index (χ0n) is 14.8. The van der Waals surface area contributed by atoms with E-state index in [4.69, 9.17) is 27.9 Å². The first-order valence-corrected chi connectivity index (χ1v) is 24.2. The molecule has 0 nitrogen and oxygen atoms in total. The monoisotopic (exact) mass is 434 g/mol. The summed E-state index contributed by atoms with van der Waals surface area (Å²) in [6.07, 6.45) is 5.15. The minimum absolute atomic E-state index is 1.16. The molecule has 0 bridgehead atoms. The van der Waals surface area contributed by atoms with Crippen LogP contribution in [0.3, 0.4) is 0 Å². The summed E-state index contributed by atoms with van der Waals surface area (Å²) in [6.45, 7) is 22.3. The summed E-state index contributed by atoms with van der Waals surface area (Å²) in [5.74, 6) is 0. The summed E-state index contributed by atoms with van der Waals surface area (Å²) in [5, 5.41) is 5.16. The van der Waals surface area contributed by atoms with Crippen LogP contribution in [0.25, 0.3) is 0 Å². The van der Waals surface area contributed by atoms with Crippen LogP contribution >= 0.6 is 27.9 Å². The summed E-state index contributed by atoms with van der Waals surface area (Å²) in [5.41, 5.74) is 0. The third-order valence-electron chi connectivity index (χ3n) is 3.37. The summed E-state index contributed by atoms with van der Waals surface area (Å²) in [6, 6.07) is 0. The second-order valence-corrected chi connectivity index (χ2v) is 31.4. The molecule has 1 aliphatic carbocycles. The van der Waals surface area contributed by atoms with Crippen molar-refractivity contribution < 1.29 is 14.7 Å². The molecule has 7 heteroatoms. The van der Waals surface area contributed by atoms with Crippen molar-refractivity contribution in [2.75, 3.05) is 0 Å². The number of allylic oxidation sites excluding steroid dienone is 4. The average Bonchev–Trinajstić information content (AvgIpc) is 2.57. The molecule has 1 aliphatic rings. The Morgan fingerprint density at radius 1 is 0.667 bits per heavy atom. The summed E-state index contributed by atoms with van der Waals surface area (Å²) < 4.78 is 0. The van der Waals surface area contributed by atoms with Gasteiger partial charge in [-0.2, -0.15) is 0 Å². The molecule has 1 rings (SSSR count). The molecule has 0 amide bonds. The molecular weight excluding hydrogens is 407 g/mol. The molecule has 0 fully saturated rings. The SMILES string of the molecule is C[Si](C)(C)C1=CC([Si](C)(C)C)=C([Si](C)(C)C)[CH]1.[Cl][Ti]([Cl])[Cl]. The Morgan fingerprint density at radius 3 is 1.19 bits per heavy atom. The van der Waals surface area contributed by atoms with Crippen LogP contribution in [-0.2, 0) is 14.7 Å². The Labute approximate surface area is 152 Å². The Bertz CT molecular complexity index is 421. The average molecular weight is 436 g/mol. The van der Waals surface area contributed by atoms with Gasteiger partial charge >= 0.3 is 42.6 Å². The van der Waals surface area contributed by atoms with Gasteiger partial charge < -0.3 is 0 Å². The van der Waals surface area contributed by atoms with Crippen molar-refractivity contribution in [1.29, 1.82) is 0 Å². The third-order valence-corrected chi connectivity index (χ3v) is 9.70. The molecule has 0 aromatic heterocycles. The van der Waals surface area contributed by atoms with Crippen molar-refractivity contribution in [3.63, 3.8) is 0 Å². The minimum atomic E-state index is -1.92. The van der Waals surface area contributed by atoms with Crippen molar-refractivity contribution in [1.82, 2.24) is 0 Å². The van der Waals surface area contributed by atoms with Gasteiger partial charge in [0.05, 0.1) is 24.2 Å². The van der Waals surface area contributed by atoms with E-state index in [1.165, 1.54) is 0 Å². The van der Waals surface area contributed by atoms with Gasteiger partial charge in [0, 0.05) is 6.42 Å². The van der Waals surface area contributed by atoms with E-state index < -0.39 is 38.9 Å². The van der Waals surface area contributed by atoms with E-state index in [-0.39, 0.29) is 0 Å². The van der Waals surface area contributed by atoms with Gasteiger partial charge in [0.2, 0.25) is 0 Å². The van der Waals surface area contributed by atoms with E-state index in [1.807, 2.05) is 0 Å². The van der Waals surface area contributed by atoms with Gasteiger partial charge in [0.25, 0.3) is 0 Å². The summed E-state index contributed by atoms with van der Waals surface area (Å²) in [7, 11) is 11.4. The number of hydrogen-bond donors (Lipinski definition) is 0. The predicted octanol–water partition coefficient (Wildman–Crippen LogP) is 7.13. The van der Waals surface area contributed by atoms with Crippen LogP contribution in [0, 0.1) is 6.42 Å². The van der Waals surface area contributed by atoms with E-state index in [1.54, 1.807) is 15.6 Å². The van der Waals surface area contributed by atoms with Gasteiger partial charge in [0.1, 0.15) is 0 Å². The fraction of sp³-hybridized carbons (Fsp3) is 0.643. The summed E-state index contributed by atoms with van der Waals surface area (Å²) >= 11 is -1.92. The molecular formula is C14H29Cl3Si3Ti. The van der Waals surface area contributed by atoms with Crippen LogP contribution in [-0.4, -0.2) is 24.2 Å². The molecule has 0 N–H and O–H groups in total. The Morgan fingerprint density at radius 2 is 1.00 bits per heavy atom. The molecule has 0 saturated carbocycles. The molecule has 0 aromatic carbocycles. The second-order valence-electron chi connectivity index (χ2n) is 8.54. The zero-order valence-corrected chi connectivity index (χ0v) is 21.6. The molecule has 0 atom stereocenters. The molecule has 0 aromatic rings. The third kappa shape index (κ3) is 8.39. The first-order chi connectivity index (χ1) is 9.06. The van der Waals surface area contributed by atoms with E-state index in [0.29, 0.717) is 0 Å². The van der Waals surface area contributed by atoms with Crippen LogP contribution in [0.5, 0.6) is 0 Å². The van der Waals surface area contributed by atoms with Crippen molar-refractivity contribution in [2.24, 2.45) is 0 Å². The first kappa shape index (κ1) is 22.7. The topological polar surface area (TPSA) is 0 Å². The molecule has 0 aliphatic heterocycles. The van der Waals surface area contributed by atoms with Gasteiger partial charge in [-0.1, -0.05) is 80.6 Å². The molecule has 122 valence electrons. The van der Waals surface area contributed by atoms with Crippen LogP contribution in [0.15, 0.2) is 21.7 Å². The van der Waals surface area contributed by atoms with Gasteiger partial charge in [0.15, 0.2) is 0 Å². The van der Waals surface area contributed by atoms with Crippen molar-refractivity contribution in [3.8, 4) is 0 Å². The van der Waals surface area contributed by atoms with E-state index in [0.717, 1.165) is 0 Å². The zero-order chi connectivity index (χ0) is 17.2. The predicted molar refractivity (Wildman–Crippen MR) is 107 cm³/mol. The first-order valence-electron chi connectivity index (χ1n) is 7.22. The second kappa shape index (κ2) is 8.20. The quantitative estimate of drug-likeness (QED) is 0.414. The van der Waals surface area contributed by atoms with Gasteiger partial charge in [-0.25, -0.2) is 0 Å². The molecule has 1 radical (unpaired) electrons. The molecule has 0 spiro atoms. The maximum atomic E-state index is 4.97. The number of hydrogen-bond acceptors (Lipinski definition) is 0. The maximum absolute atomic E-state index is 4.97. The van der Waals surface area contributed by atoms with E-state index >= 15 is 0 Å². The fourth-order valence-electron chi connectivity index (χ4n) is 2.18. The Kier molecular flexibility index (Phi) is 8.87. The van der Waals surface area contributed by atoms with Gasteiger partial charge in [-0.15, -0.1) is 0 Å². The van der Waals surface area contributed by atoms with Crippen LogP contribution in [0.2, 0.25) is 58.9 Å². The van der Waals surface area contributed by atoms with E-state index in [2.05, 4.69) is 71.4 Å². The van der Waals surface area contributed by atoms with Crippen molar-refractivity contribution >= 4 is 52.1 Å². The molecule has 0 unspecified atom stereocenters. The van der Waals surface area contributed by atoms with Crippen molar-refractivity contribution in [2.45, 2.75) is 58.9 Å². The van der Waals surface area contributed by atoms with Crippen molar-refractivity contribution in [3.05, 3.63) is 28.1 Å². The van der Waals surface area contributed by atoms with Crippen LogP contribution in [0.4, 0.5) is 0 Å². The molecule has 0 heterocycles. The summed E-state index contributed by atoms with van der Waals surface area (Å²) in [4.78, 5) is 0. The van der Waals surface area contributed by atoms with Crippen LogP contribution in [0.1, 0.15) is 0 Å². The van der Waals surface area contributed by atoms with E-state index in [9.17, 15) is 0 Å². The van der Waals surface area contributed by atoms with Gasteiger partial charge in [-0.3, -0.25) is 0 Å². The molecule has 21 heavy (non-hydrogen) atoms. The number of halogens is 3. The Hall–Kier alpha value is 1.71. The standard InChI is InChI=1S/C14H29Si3.3ClH.Ti/c1-15(2,3)12-10-13(16(4,5)6)14(11-12)17(7,8)9;;;;/h10-11H,1-9H3;3*1H;/q;;;;+3/p-3. The molecule has 0 saturated heterocycles. The van der Waals surface area contributed by atoms with Gasteiger partial charge in [-0.05, 0) is 0 Å². The van der Waals surface area contributed by atoms with Crippen LogP contribution < -0.4 is 0 Å². The Balaban J connectivity index is 0.000000885. The number of rotatable bonds is 3. The fourth-order valence-corrected chi connectivity index (χ4v) is 8.81. The normalized spacial score (nSPS) is 16.5.